The van der Waals surface area contributed by atoms with Gasteiger partial charge in [0, 0.05) is 7.11 Å². The molecule has 1 rings (SSSR count). The van der Waals surface area contributed by atoms with Crippen LogP contribution in [0.25, 0.3) is 0 Å². The summed E-state index contributed by atoms with van der Waals surface area (Å²) in [5, 5.41) is 12.2. The lowest BCUT2D eigenvalue weighted by atomic mass is 9.93. The molecule has 0 bridgehead atoms. The molecule has 0 spiro atoms. The van der Waals surface area contributed by atoms with Crippen LogP contribution in [0.3, 0.4) is 0 Å². The fraction of sp³-hybridized carbons (Fsp3) is 0.579. The highest BCUT2D eigenvalue weighted by atomic mass is 16.5. The predicted octanol–water partition coefficient (Wildman–Crippen LogP) is 3.98. The summed E-state index contributed by atoms with van der Waals surface area (Å²) in [4.78, 5) is 12.6. The number of hydrogen-bond donors (Lipinski definition) is 1. The normalized spacial score (nSPS) is 13.5. The summed E-state index contributed by atoms with van der Waals surface area (Å²) in [6.07, 6.45) is 0.590. The molecular formula is C19H28N2O3. The molecule has 0 aliphatic heterocycles. The average molecular weight is 332 g/mol. The van der Waals surface area contributed by atoms with Crippen molar-refractivity contribution in [3.63, 3.8) is 0 Å². The van der Waals surface area contributed by atoms with E-state index in [4.69, 9.17) is 9.47 Å². The van der Waals surface area contributed by atoms with Gasteiger partial charge in [0.25, 0.3) is 5.91 Å². The van der Waals surface area contributed by atoms with Gasteiger partial charge in [0.2, 0.25) is 0 Å². The molecule has 24 heavy (non-hydrogen) atoms. The molecule has 132 valence electrons. The van der Waals surface area contributed by atoms with Gasteiger partial charge in [0.05, 0.1) is 17.9 Å². The molecule has 0 heterocycles. The van der Waals surface area contributed by atoms with E-state index in [9.17, 15) is 10.1 Å². The van der Waals surface area contributed by atoms with Crippen LogP contribution < -0.4 is 10.1 Å². The smallest absolute Gasteiger partial charge is 0.256 e. The standard InChI is InChI=1S/C19H28N2O3/c1-13(2)10-19(5,23-6)18(22)21-17-8-7-16(9-15(17)11-20)24-12-14(3)4/h7-9,13-14H,10,12H2,1-6H3,(H,21,22)/t19-/m1/s1. The van der Waals surface area contributed by atoms with Crippen LogP contribution in [0.15, 0.2) is 18.2 Å². The van der Waals surface area contributed by atoms with Crippen LogP contribution in [-0.4, -0.2) is 25.2 Å². The van der Waals surface area contributed by atoms with Gasteiger partial charge in [-0.1, -0.05) is 27.7 Å². The molecule has 1 atom stereocenters. The molecule has 1 aromatic carbocycles. The number of nitrogens with zero attached hydrogens (tertiary/aromatic N) is 1. The molecule has 0 unspecified atom stereocenters. The Bertz CT molecular complexity index is 605. The maximum atomic E-state index is 12.6. The summed E-state index contributed by atoms with van der Waals surface area (Å²) in [5.41, 5.74) is -0.104. The third kappa shape index (κ3) is 5.54. The van der Waals surface area contributed by atoms with Gasteiger partial charge in [0.1, 0.15) is 17.4 Å². The van der Waals surface area contributed by atoms with Crippen molar-refractivity contribution in [2.24, 2.45) is 11.8 Å². The molecule has 0 aliphatic rings. The molecule has 0 aliphatic carbocycles. The van der Waals surface area contributed by atoms with E-state index >= 15 is 0 Å². The second-order valence-corrected chi connectivity index (χ2v) is 7.01. The minimum absolute atomic E-state index is 0.258. The van der Waals surface area contributed by atoms with Crippen molar-refractivity contribution in [3.05, 3.63) is 23.8 Å². The van der Waals surface area contributed by atoms with Gasteiger partial charge >= 0.3 is 0 Å². The molecule has 0 aromatic heterocycles. The van der Waals surface area contributed by atoms with Gasteiger partial charge in [0.15, 0.2) is 0 Å². The van der Waals surface area contributed by atoms with E-state index in [0.29, 0.717) is 41.9 Å². The Labute approximate surface area is 145 Å². The van der Waals surface area contributed by atoms with E-state index in [0.717, 1.165) is 0 Å². The first-order valence-electron chi connectivity index (χ1n) is 8.25. The fourth-order valence-electron chi connectivity index (χ4n) is 2.38. The van der Waals surface area contributed by atoms with Crippen LogP contribution in [0.5, 0.6) is 5.75 Å². The lowest BCUT2D eigenvalue weighted by Gasteiger charge is -2.28. The molecule has 0 saturated carbocycles. The van der Waals surface area contributed by atoms with Crippen LogP contribution in [0.2, 0.25) is 0 Å². The van der Waals surface area contributed by atoms with Crippen LogP contribution >= 0.6 is 0 Å². The first kappa shape index (κ1) is 20.0. The molecule has 0 fully saturated rings. The SMILES string of the molecule is CO[C@](C)(CC(C)C)C(=O)Nc1ccc(OCC(C)C)cc1C#N. The van der Waals surface area contributed by atoms with E-state index in [1.54, 1.807) is 25.1 Å². The zero-order valence-corrected chi connectivity index (χ0v) is 15.5. The number of rotatable bonds is 8. The van der Waals surface area contributed by atoms with E-state index in [-0.39, 0.29) is 5.91 Å². The van der Waals surface area contributed by atoms with E-state index in [2.05, 4.69) is 25.2 Å². The average Bonchev–Trinajstić information content (AvgIpc) is 2.52. The highest BCUT2D eigenvalue weighted by Gasteiger charge is 2.34. The second-order valence-electron chi connectivity index (χ2n) is 7.01. The lowest BCUT2D eigenvalue weighted by molar-refractivity contribution is -0.137. The predicted molar refractivity (Wildman–Crippen MR) is 95.0 cm³/mol. The Morgan fingerprint density at radius 3 is 2.46 bits per heavy atom. The number of methoxy groups -OCH3 is 1. The molecule has 1 aromatic rings. The van der Waals surface area contributed by atoms with Gasteiger partial charge in [-0.2, -0.15) is 5.26 Å². The van der Waals surface area contributed by atoms with Gasteiger partial charge in [-0.15, -0.1) is 0 Å². The Morgan fingerprint density at radius 1 is 1.29 bits per heavy atom. The van der Waals surface area contributed by atoms with E-state index in [1.807, 2.05) is 13.8 Å². The van der Waals surface area contributed by atoms with Crippen molar-refractivity contribution < 1.29 is 14.3 Å². The van der Waals surface area contributed by atoms with Gasteiger partial charge in [-0.3, -0.25) is 4.79 Å². The minimum Gasteiger partial charge on any atom is -0.493 e. The lowest BCUT2D eigenvalue weighted by Crippen LogP contribution is -2.43. The highest BCUT2D eigenvalue weighted by Crippen LogP contribution is 2.26. The van der Waals surface area contributed by atoms with Crippen LogP contribution in [0.1, 0.15) is 46.6 Å². The van der Waals surface area contributed by atoms with E-state index < -0.39 is 5.60 Å². The zero-order chi connectivity index (χ0) is 18.3. The third-order valence-corrected chi connectivity index (χ3v) is 3.67. The number of ether oxygens (including phenoxy) is 2. The van der Waals surface area contributed by atoms with Gasteiger partial charge in [-0.25, -0.2) is 0 Å². The van der Waals surface area contributed by atoms with E-state index in [1.165, 1.54) is 7.11 Å². The number of hydrogen-bond acceptors (Lipinski definition) is 4. The largest absolute Gasteiger partial charge is 0.493 e. The third-order valence-electron chi connectivity index (χ3n) is 3.67. The number of benzene rings is 1. The summed E-state index contributed by atoms with van der Waals surface area (Å²) < 4.78 is 11.0. The fourth-order valence-corrected chi connectivity index (χ4v) is 2.38. The van der Waals surface area contributed by atoms with Crippen LogP contribution in [0, 0.1) is 23.2 Å². The number of nitrogens with one attached hydrogen (secondary N) is 1. The molecular weight excluding hydrogens is 304 g/mol. The molecule has 1 N–H and O–H groups in total. The maximum Gasteiger partial charge on any atom is 0.256 e. The monoisotopic (exact) mass is 332 g/mol. The molecule has 5 nitrogen and oxygen atoms in total. The molecule has 5 heteroatoms. The number of carbonyl (C=O) groups excluding carboxylic acids is 1. The second kappa shape index (κ2) is 8.70. The first-order chi connectivity index (χ1) is 11.2. The maximum absolute atomic E-state index is 12.6. The van der Waals surface area contributed by atoms with Crippen molar-refractivity contribution in [3.8, 4) is 11.8 Å². The van der Waals surface area contributed by atoms with Crippen LogP contribution in [-0.2, 0) is 9.53 Å². The summed E-state index contributed by atoms with van der Waals surface area (Å²) in [6, 6.07) is 7.19. The van der Waals surface area contributed by atoms with Crippen molar-refractivity contribution in [1.82, 2.24) is 0 Å². The minimum atomic E-state index is -0.937. The van der Waals surface area contributed by atoms with Crippen LogP contribution in [0.4, 0.5) is 5.69 Å². The molecule has 1 amide bonds. The van der Waals surface area contributed by atoms with Crippen molar-refractivity contribution in [2.45, 2.75) is 46.6 Å². The highest BCUT2D eigenvalue weighted by molar-refractivity contribution is 5.98. The Kier molecular flexibility index (Phi) is 7.24. The topological polar surface area (TPSA) is 71.3 Å². The summed E-state index contributed by atoms with van der Waals surface area (Å²) in [6.45, 7) is 10.5. The number of carbonyl (C=O) groups is 1. The number of nitriles is 1. The van der Waals surface area contributed by atoms with Crippen molar-refractivity contribution in [1.29, 1.82) is 5.26 Å². The molecule has 0 saturated heterocycles. The van der Waals surface area contributed by atoms with Crippen molar-refractivity contribution >= 4 is 11.6 Å². The first-order valence-corrected chi connectivity index (χ1v) is 8.25. The summed E-state index contributed by atoms with van der Waals surface area (Å²) in [7, 11) is 1.52. The quantitative estimate of drug-likeness (QED) is 0.781. The van der Waals surface area contributed by atoms with Gasteiger partial charge in [-0.05, 0) is 43.4 Å². The summed E-state index contributed by atoms with van der Waals surface area (Å²) in [5.74, 6) is 1.07. The Hall–Kier alpha value is -2.06. The Morgan fingerprint density at radius 2 is 1.96 bits per heavy atom. The zero-order valence-electron chi connectivity index (χ0n) is 15.5. The Balaban J connectivity index is 2.94. The number of anilines is 1. The number of amides is 1. The molecule has 0 radical (unpaired) electrons. The van der Waals surface area contributed by atoms with Gasteiger partial charge < -0.3 is 14.8 Å². The summed E-state index contributed by atoms with van der Waals surface area (Å²) >= 11 is 0. The van der Waals surface area contributed by atoms with Crippen molar-refractivity contribution in [2.75, 3.05) is 19.0 Å².